The zero-order chi connectivity index (χ0) is 13.0. The fourth-order valence-corrected chi connectivity index (χ4v) is 2.05. The van der Waals surface area contributed by atoms with Gasteiger partial charge in [0.1, 0.15) is 0 Å². The molecule has 0 spiro atoms. The van der Waals surface area contributed by atoms with Crippen LogP contribution in [0, 0.1) is 0 Å². The Balaban J connectivity index is 2.22. The molecule has 0 bridgehead atoms. The number of nitrogens with zero attached hydrogens (tertiary/aromatic N) is 1. The van der Waals surface area contributed by atoms with Crippen LogP contribution in [0.4, 0.5) is 0 Å². The zero-order valence-electron chi connectivity index (χ0n) is 9.58. The minimum atomic E-state index is -0.828. The molecule has 1 heterocycles. The fourth-order valence-electron chi connectivity index (χ4n) is 1.79. The van der Waals surface area contributed by atoms with Crippen molar-refractivity contribution in [2.45, 2.75) is 12.3 Å². The maximum absolute atomic E-state index is 11.3. The Kier molecular flexibility index (Phi) is 4.10. The topological polar surface area (TPSA) is 50.2 Å². The first-order valence-electron chi connectivity index (χ1n) is 5.54. The van der Waals surface area contributed by atoms with Crippen LogP contribution in [0.15, 0.2) is 53.3 Å². The first kappa shape index (κ1) is 12.8. The van der Waals surface area contributed by atoms with Crippen LogP contribution < -0.4 is 0 Å². The van der Waals surface area contributed by atoms with Gasteiger partial charge < -0.3 is 5.11 Å². The molecule has 1 aromatic carbocycles. The van der Waals surface area contributed by atoms with Gasteiger partial charge in [-0.15, -0.1) is 0 Å². The van der Waals surface area contributed by atoms with Gasteiger partial charge in [0, 0.05) is 16.9 Å². The van der Waals surface area contributed by atoms with Crippen LogP contribution in [-0.4, -0.2) is 16.1 Å². The molecule has 1 aromatic heterocycles. The molecule has 92 valence electrons. The van der Waals surface area contributed by atoms with Crippen LogP contribution in [0.1, 0.15) is 17.0 Å². The average Bonchev–Trinajstić information content (AvgIpc) is 2.38. The Bertz CT molecular complexity index is 525. The van der Waals surface area contributed by atoms with Crippen molar-refractivity contribution < 1.29 is 9.90 Å². The summed E-state index contributed by atoms with van der Waals surface area (Å²) in [5.74, 6) is -1.38. The van der Waals surface area contributed by atoms with Crippen molar-refractivity contribution in [2.24, 2.45) is 0 Å². The number of hydrogen-bond acceptors (Lipinski definition) is 2. The van der Waals surface area contributed by atoms with Gasteiger partial charge in [-0.25, -0.2) is 0 Å². The van der Waals surface area contributed by atoms with E-state index in [4.69, 9.17) is 0 Å². The van der Waals surface area contributed by atoms with E-state index >= 15 is 0 Å². The largest absolute Gasteiger partial charge is 0.481 e. The minimum Gasteiger partial charge on any atom is -0.481 e. The van der Waals surface area contributed by atoms with Crippen molar-refractivity contribution in [3.05, 3.63) is 64.4 Å². The number of carboxylic acids is 1. The molecular weight excluding hydrogens is 294 g/mol. The molecule has 0 radical (unpaired) electrons. The normalized spacial score (nSPS) is 12.1. The lowest BCUT2D eigenvalue weighted by atomic mass is 9.93. The SMILES string of the molecule is O=C(O)C(Cc1ccc(Br)cc1)c1cccnc1. The predicted molar refractivity (Wildman–Crippen MR) is 72.5 cm³/mol. The summed E-state index contributed by atoms with van der Waals surface area (Å²) in [5, 5.41) is 9.31. The van der Waals surface area contributed by atoms with Crippen LogP contribution in [-0.2, 0) is 11.2 Å². The van der Waals surface area contributed by atoms with E-state index in [1.165, 1.54) is 0 Å². The van der Waals surface area contributed by atoms with E-state index in [1.807, 2.05) is 24.3 Å². The monoisotopic (exact) mass is 305 g/mol. The van der Waals surface area contributed by atoms with Crippen molar-refractivity contribution in [2.75, 3.05) is 0 Å². The lowest BCUT2D eigenvalue weighted by Gasteiger charge is -2.12. The van der Waals surface area contributed by atoms with Crippen molar-refractivity contribution >= 4 is 21.9 Å². The Morgan fingerprint density at radius 3 is 2.56 bits per heavy atom. The molecule has 3 nitrogen and oxygen atoms in total. The highest BCUT2D eigenvalue weighted by atomic mass is 79.9. The summed E-state index contributed by atoms with van der Waals surface area (Å²) in [6.07, 6.45) is 3.72. The Hall–Kier alpha value is -1.68. The molecule has 0 fully saturated rings. The quantitative estimate of drug-likeness (QED) is 0.943. The van der Waals surface area contributed by atoms with E-state index in [2.05, 4.69) is 20.9 Å². The molecule has 1 atom stereocenters. The zero-order valence-corrected chi connectivity index (χ0v) is 11.2. The summed E-state index contributed by atoms with van der Waals surface area (Å²) in [6, 6.07) is 11.2. The smallest absolute Gasteiger partial charge is 0.311 e. The van der Waals surface area contributed by atoms with Gasteiger partial charge in [0.15, 0.2) is 0 Å². The second kappa shape index (κ2) is 5.78. The van der Waals surface area contributed by atoms with E-state index in [1.54, 1.807) is 24.5 Å². The van der Waals surface area contributed by atoms with Gasteiger partial charge in [-0.3, -0.25) is 9.78 Å². The second-order valence-electron chi connectivity index (χ2n) is 4.01. The number of halogens is 1. The van der Waals surface area contributed by atoms with E-state index in [9.17, 15) is 9.90 Å². The predicted octanol–water partition coefficient (Wildman–Crippen LogP) is 3.26. The number of hydrogen-bond donors (Lipinski definition) is 1. The number of benzene rings is 1. The lowest BCUT2D eigenvalue weighted by molar-refractivity contribution is -0.138. The molecule has 0 amide bonds. The molecule has 1 unspecified atom stereocenters. The molecule has 0 aliphatic rings. The minimum absolute atomic E-state index is 0.467. The fraction of sp³-hybridized carbons (Fsp3) is 0.143. The molecule has 0 aliphatic carbocycles. The molecule has 2 rings (SSSR count). The third kappa shape index (κ3) is 3.17. The average molecular weight is 306 g/mol. The number of aliphatic carboxylic acids is 1. The molecule has 2 aromatic rings. The molecule has 0 saturated carbocycles. The second-order valence-corrected chi connectivity index (χ2v) is 4.92. The van der Waals surface area contributed by atoms with E-state index < -0.39 is 11.9 Å². The maximum Gasteiger partial charge on any atom is 0.311 e. The van der Waals surface area contributed by atoms with Crippen molar-refractivity contribution in [1.82, 2.24) is 4.98 Å². The Labute approximate surface area is 114 Å². The molecule has 1 N–H and O–H groups in total. The van der Waals surface area contributed by atoms with Crippen molar-refractivity contribution in [1.29, 1.82) is 0 Å². The van der Waals surface area contributed by atoms with Gasteiger partial charge in [0.25, 0.3) is 0 Å². The highest BCUT2D eigenvalue weighted by molar-refractivity contribution is 9.10. The third-order valence-corrected chi connectivity index (χ3v) is 3.27. The van der Waals surface area contributed by atoms with Gasteiger partial charge in [-0.05, 0) is 35.7 Å². The summed E-state index contributed by atoms with van der Waals surface area (Å²) >= 11 is 3.36. The highest BCUT2D eigenvalue weighted by Gasteiger charge is 2.20. The standard InChI is InChI=1S/C14H12BrNO2/c15-12-5-3-10(4-6-12)8-13(14(17)18)11-2-1-7-16-9-11/h1-7,9,13H,8H2,(H,17,18). The Morgan fingerprint density at radius 2 is 2.00 bits per heavy atom. The summed E-state index contributed by atoms with van der Waals surface area (Å²) in [5.41, 5.74) is 1.72. The maximum atomic E-state index is 11.3. The van der Waals surface area contributed by atoms with Crippen molar-refractivity contribution in [3.8, 4) is 0 Å². The van der Waals surface area contributed by atoms with Gasteiger partial charge in [0.05, 0.1) is 5.92 Å². The van der Waals surface area contributed by atoms with Crippen LogP contribution in [0.5, 0.6) is 0 Å². The van der Waals surface area contributed by atoms with E-state index in [0.717, 1.165) is 15.6 Å². The molecule has 0 saturated heterocycles. The van der Waals surface area contributed by atoms with E-state index in [-0.39, 0.29) is 0 Å². The summed E-state index contributed by atoms with van der Waals surface area (Å²) < 4.78 is 0.986. The number of carbonyl (C=O) groups is 1. The Morgan fingerprint density at radius 1 is 1.28 bits per heavy atom. The highest BCUT2D eigenvalue weighted by Crippen LogP contribution is 2.21. The van der Waals surface area contributed by atoms with Crippen LogP contribution in [0.25, 0.3) is 0 Å². The van der Waals surface area contributed by atoms with E-state index in [0.29, 0.717) is 6.42 Å². The molecular formula is C14H12BrNO2. The molecule has 0 aliphatic heterocycles. The lowest BCUT2D eigenvalue weighted by Crippen LogP contribution is -2.14. The summed E-state index contributed by atoms with van der Waals surface area (Å²) in [7, 11) is 0. The van der Waals surface area contributed by atoms with Crippen molar-refractivity contribution in [3.63, 3.8) is 0 Å². The molecule has 4 heteroatoms. The number of aromatic nitrogens is 1. The van der Waals surface area contributed by atoms with Crippen LogP contribution >= 0.6 is 15.9 Å². The first-order chi connectivity index (χ1) is 8.66. The van der Waals surface area contributed by atoms with Gasteiger partial charge >= 0.3 is 5.97 Å². The third-order valence-electron chi connectivity index (χ3n) is 2.74. The number of rotatable bonds is 4. The van der Waals surface area contributed by atoms with Gasteiger partial charge in [0.2, 0.25) is 0 Å². The van der Waals surface area contributed by atoms with Gasteiger partial charge in [-0.1, -0.05) is 34.1 Å². The van der Waals surface area contributed by atoms with Crippen LogP contribution in [0.3, 0.4) is 0 Å². The summed E-state index contributed by atoms with van der Waals surface area (Å²) in [6.45, 7) is 0. The van der Waals surface area contributed by atoms with Crippen LogP contribution in [0.2, 0.25) is 0 Å². The summed E-state index contributed by atoms with van der Waals surface area (Å²) in [4.78, 5) is 15.3. The first-order valence-corrected chi connectivity index (χ1v) is 6.33. The molecule has 18 heavy (non-hydrogen) atoms. The number of pyridine rings is 1. The number of carboxylic acid groups (broad SMARTS) is 1. The van der Waals surface area contributed by atoms with Gasteiger partial charge in [-0.2, -0.15) is 0 Å².